The van der Waals surface area contributed by atoms with E-state index in [1.165, 1.54) is 10.4 Å². The number of rotatable bonds is 3. The highest BCUT2D eigenvalue weighted by molar-refractivity contribution is 9.10. The number of hydrogen-bond donors (Lipinski definition) is 1. The summed E-state index contributed by atoms with van der Waals surface area (Å²) in [5.41, 5.74) is 0. The zero-order valence-corrected chi connectivity index (χ0v) is 12.5. The van der Waals surface area contributed by atoms with Crippen LogP contribution in [0.3, 0.4) is 0 Å². The number of nitrogens with zero attached hydrogens (tertiary/aromatic N) is 1. The van der Waals surface area contributed by atoms with Crippen molar-refractivity contribution in [1.82, 2.24) is 4.31 Å². The molecule has 0 saturated carbocycles. The summed E-state index contributed by atoms with van der Waals surface area (Å²) in [5.74, 6) is -1.56. The van der Waals surface area contributed by atoms with Crippen molar-refractivity contribution in [2.24, 2.45) is 5.92 Å². The summed E-state index contributed by atoms with van der Waals surface area (Å²) >= 11 is 3.22. The van der Waals surface area contributed by atoms with Crippen LogP contribution in [0.25, 0.3) is 0 Å². The Morgan fingerprint density at radius 3 is 2.68 bits per heavy atom. The first-order chi connectivity index (χ1) is 8.93. The van der Waals surface area contributed by atoms with Gasteiger partial charge in [-0.05, 0) is 40.9 Å². The average molecular weight is 348 g/mol. The van der Waals surface area contributed by atoms with Crippen LogP contribution >= 0.6 is 15.9 Å². The van der Waals surface area contributed by atoms with Crippen LogP contribution in [0.1, 0.15) is 12.8 Å². The molecule has 104 valence electrons. The standard InChI is InChI=1S/C12H14BrNO4S/c13-10-5-1-2-6-11(10)19(17,18)14-7-3-4-9(8-14)12(15)16/h1-2,5-6,9H,3-4,7-8H2,(H,15,16)/t9-/m1/s1. The molecule has 0 unspecified atom stereocenters. The summed E-state index contributed by atoms with van der Waals surface area (Å²) in [6, 6.07) is 6.56. The first-order valence-electron chi connectivity index (χ1n) is 5.90. The molecule has 1 aromatic rings. The number of benzene rings is 1. The molecule has 1 fully saturated rings. The minimum Gasteiger partial charge on any atom is -0.481 e. The smallest absolute Gasteiger partial charge is 0.307 e. The van der Waals surface area contributed by atoms with E-state index in [9.17, 15) is 13.2 Å². The summed E-state index contributed by atoms with van der Waals surface area (Å²) in [7, 11) is -3.64. The van der Waals surface area contributed by atoms with Crippen molar-refractivity contribution >= 4 is 31.9 Å². The molecule has 0 spiro atoms. The predicted octanol–water partition coefficient (Wildman–Crippen LogP) is 1.93. The van der Waals surface area contributed by atoms with Gasteiger partial charge in [0, 0.05) is 17.6 Å². The van der Waals surface area contributed by atoms with Crippen LogP contribution in [0.2, 0.25) is 0 Å². The molecule has 0 amide bonds. The number of hydrogen-bond acceptors (Lipinski definition) is 3. The Morgan fingerprint density at radius 2 is 2.05 bits per heavy atom. The topological polar surface area (TPSA) is 74.7 Å². The lowest BCUT2D eigenvalue weighted by molar-refractivity contribution is -0.142. The van der Waals surface area contributed by atoms with Crippen molar-refractivity contribution < 1.29 is 18.3 Å². The summed E-state index contributed by atoms with van der Waals surface area (Å²) < 4.78 is 26.7. The maximum absolute atomic E-state index is 12.5. The average Bonchev–Trinajstić information content (AvgIpc) is 2.39. The highest BCUT2D eigenvalue weighted by Gasteiger charge is 2.33. The maximum Gasteiger partial charge on any atom is 0.307 e. The zero-order chi connectivity index (χ0) is 14.0. The van der Waals surface area contributed by atoms with E-state index in [4.69, 9.17) is 5.11 Å². The molecule has 1 atom stereocenters. The molecule has 1 aliphatic heterocycles. The summed E-state index contributed by atoms with van der Waals surface area (Å²) in [6.07, 6.45) is 1.10. The number of carboxylic acids is 1. The second kappa shape index (κ2) is 5.60. The number of aliphatic carboxylic acids is 1. The minimum absolute atomic E-state index is 0.0407. The van der Waals surface area contributed by atoms with Crippen molar-refractivity contribution in [3.8, 4) is 0 Å². The molecular weight excluding hydrogens is 334 g/mol. The molecule has 0 radical (unpaired) electrons. The lowest BCUT2D eigenvalue weighted by Gasteiger charge is -2.30. The van der Waals surface area contributed by atoms with Gasteiger partial charge in [-0.1, -0.05) is 12.1 Å². The lowest BCUT2D eigenvalue weighted by atomic mass is 10.0. The molecule has 1 aliphatic rings. The van der Waals surface area contributed by atoms with Gasteiger partial charge in [0.2, 0.25) is 10.0 Å². The highest BCUT2D eigenvalue weighted by atomic mass is 79.9. The van der Waals surface area contributed by atoms with E-state index >= 15 is 0 Å². The number of carbonyl (C=O) groups is 1. The van der Waals surface area contributed by atoms with Crippen LogP contribution in [-0.4, -0.2) is 36.9 Å². The summed E-state index contributed by atoms with van der Waals surface area (Å²) in [4.78, 5) is 11.2. The maximum atomic E-state index is 12.5. The van der Waals surface area contributed by atoms with Gasteiger partial charge >= 0.3 is 5.97 Å². The van der Waals surface area contributed by atoms with E-state index < -0.39 is 21.9 Å². The fraction of sp³-hybridized carbons (Fsp3) is 0.417. The molecular formula is C12H14BrNO4S. The SMILES string of the molecule is O=C(O)[C@@H]1CCCN(S(=O)(=O)c2ccccc2Br)C1. The quantitative estimate of drug-likeness (QED) is 0.906. The van der Waals surface area contributed by atoms with Crippen LogP contribution in [0.4, 0.5) is 0 Å². The predicted molar refractivity (Wildman–Crippen MR) is 73.3 cm³/mol. The Hall–Kier alpha value is -0.920. The summed E-state index contributed by atoms with van der Waals surface area (Å²) in [5, 5.41) is 9.02. The monoisotopic (exact) mass is 347 g/mol. The lowest BCUT2D eigenvalue weighted by Crippen LogP contribution is -2.42. The Bertz CT molecular complexity index is 587. The van der Waals surface area contributed by atoms with E-state index in [1.807, 2.05) is 0 Å². The Morgan fingerprint density at radius 1 is 1.37 bits per heavy atom. The van der Waals surface area contributed by atoms with Gasteiger partial charge in [-0.25, -0.2) is 8.42 Å². The van der Waals surface area contributed by atoms with Gasteiger partial charge in [-0.3, -0.25) is 4.79 Å². The van der Waals surface area contributed by atoms with E-state index in [0.29, 0.717) is 23.9 Å². The van der Waals surface area contributed by atoms with Gasteiger partial charge in [0.25, 0.3) is 0 Å². The normalized spacial score (nSPS) is 21.2. The first-order valence-corrected chi connectivity index (χ1v) is 8.13. The van der Waals surface area contributed by atoms with Crippen LogP contribution < -0.4 is 0 Å². The van der Waals surface area contributed by atoms with Crippen molar-refractivity contribution in [3.63, 3.8) is 0 Å². The van der Waals surface area contributed by atoms with Crippen molar-refractivity contribution in [3.05, 3.63) is 28.7 Å². The fourth-order valence-electron chi connectivity index (χ4n) is 2.16. The Kier molecular flexibility index (Phi) is 4.27. The molecule has 1 aromatic carbocycles. The van der Waals surface area contributed by atoms with Gasteiger partial charge in [-0.15, -0.1) is 0 Å². The van der Waals surface area contributed by atoms with Crippen LogP contribution in [-0.2, 0) is 14.8 Å². The Balaban J connectivity index is 2.30. The second-order valence-electron chi connectivity index (χ2n) is 4.47. The van der Waals surface area contributed by atoms with Crippen molar-refractivity contribution in [1.29, 1.82) is 0 Å². The van der Waals surface area contributed by atoms with Gasteiger partial charge in [0.05, 0.1) is 10.8 Å². The third-order valence-corrected chi connectivity index (χ3v) is 6.07. The highest BCUT2D eigenvalue weighted by Crippen LogP contribution is 2.28. The minimum atomic E-state index is -3.64. The fourth-order valence-corrected chi connectivity index (χ4v) is 4.64. The van der Waals surface area contributed by atoms with Crippen molar-refractivity contribution in [2.75, 3.05) is 13.1 Å². The number of sulfonamides is 1. The van der Waals surface area contributed by atoms with Gasteiger partial charge in [-0.2, -0.15) is 4.31 Å². The number of carboxylic acid groups (broad SMARTS) is 1. The summed E-state index contributed by atoms with van der Waals surface area (Å²) in [6.45, 7) is 0.409. The molecule has 7 heteroatoms. The van der Waals surface area contributed by atoms with Crippen LogP contribution in [0.5, 0.6) is 0 Å². The third kappa shape index (κ3) is 2.98. The van der Waals surface area contributed by atoms with E-state index in [-0.39, 0.29) is 11.4 Å². The first kappa shape index (κ1) is 14.5. The molecule has 0 aliphatic carbocycles. The van der Waals surface area contributed by atoms with Gasteiger partial charge in [0.1, 0.15) is 0 Å². The molecule has 19 heavy (non-hydrogen) atoms. The molecule has 0 bridgehead atoms. The van der Waals surface area contributed by atoms with E-state index in [0.717, 1.165) is 0 Å². The van der Waals surface area contributed by atoms with E-state index in [1.54, 1.807) is 18.2 Å². The number of halogens is 1. The van der Waals surface area contributed by atoms with Gasteiger partial charge in [0.15, 0.2) is 0 Å². The zero-order valence-electron chi connectivity index (χ0n) is 10.1. The van der Waals surface area contributed by atoms with Crippen LogP contribution in [0, 0.1) is 5.92 Å². The third-order valence-electron chi connectivity index (χ3n) is 3.19. The van der Waals surface area contributed by atoms with E-state index in [2.05, 4.69) is 15.9 Å². The Labute approximate surface area is 120 Å². The molecule has 0 aromatic heterocycles. The molecule has 1 heterocycles. The number of piperidine rings is 1. The second-order valence-corrected chi connectivity index (χ2v) is 7.23. The van der Waals surface area contributed by atoms with Crippen molar-refractivity contribution in [2.45, 2.75) is 17.7 Å². The molecule has 1 N–H and O–H groups in total. The largest absolute Gasteiger partial charge is 0.481 e. The molecule has 5 nitrogen and oxygen atoms in total. The molecule has 1 saturated heterocycles. The van der Waals surface area contributed by atoms with Gasteiger partial charge < -0.3 is 5.11 Å². The van der Waals surface area contributed by atoms with Crippen LogP contribution in [0.15, 0.2) is 33.6 Å². The molecule has 2 rings (SSSR count).